The Morgan fingerprint density at radius 1 is 1.00 bits per heavy atom. The summed E-state index contributed by atoms with van der Waals surface area (Å²) >= 11 is 0. The van der Waals surface area contributed by atoms with Crippen LogP contribution in [-0.2, 0) is 4.79 Å². The van der Waals surface area contributed by atoms with E-state index in [0.29, 0.717) is 17.7 Å². The summed E-state index contributed by atoms with van der Waals surface area (Å²) in [5, 5.41) is 7.19. The summed E-state index contributed by atoms with van der Waals surface area (Å²) in [6, 6.07) is 23.8. The van der Waals surface area contributed by atoms with Crippen molar-refractivity contribution >= 4 is 28.2 Å². The number of hydrogen-bond donors (Lipinski definition) is 1. The molecule has 0 bridgehead atoms. The number of nitrogens with one attached hydrogen (secondary N) is 1. The Kier molecular flexibility index (Phi) is 5.73. The molecule has 6 heteroatoms. The minimum absolute atomic E-state index is 0.156. The number of pyridine rings is 1. The SMILES string of the molecule is CC(=O)N1N=C(c2c(-c3ccccc3)c3cc(C)ccc3[nH]c2=O)C[C@H]1c1ccc(N(C)C)cc1. The van der Waals surface area contributed by atoms with Gasteiger partial charge in [0, 0.05) is 49.6 Å². The number of anilines is 1. The van der Waals surface area contributed by atoms with Crippen molar-refractivity contribution < 1.29 is 4.79 Å². The van der Waals surface area contributed by atoms with Gasteiger partial charge in [-0.2, -0.15) is 5.10 Å². The van der Waals surface area contributed by atoms with Crippen LogP contribution in [0, 0.1) is 6.92 Å². The monoisotopic (exact) mass is 464 g/mol. The van der Waals surface area contributed by atoms with Crippen molar-refractivity contribution in [3.8, 4) is 11.1 Å². The minimum Gasteiger partial charge on any atom is -0.378 e. The smallest absolute Gasteiger partial charge is 0.258 e. The first-order valence-corrected chi connectivity index (χ1v) is 11.7. The van der Waals surface area contributed by atoms with Crippen LogP contribution >= 0.6 is 0 Å². The second-order valence-corrected chi connectivity index (χ2v) is 9.24. The molecule has 2 heterocycles. The van der Waals surface area contributed by atoms with Gasteiger partial charge >= 0.3 is 0 Å². The molecular formula is C29H28N4O2. The molecule has 0 unspecified atom stereocenters. The van der Waals surface area contributed by atoms with E-state index in [0.717, 1.165) is 38.8 Å². The lowest BCUT2D eigenvalue weighted by Gasteiger charge is -2.21. The number of fused-ring (bicyclic) bond motifs is 1. The van der Waals surface area contributed by atoms with Crippen LogP contribution in [0.15, 0.2) is 82.7 Å². The maximum atomic E-state index is 13.5. The van der Waals surface area contributed by atoms with Crippen molar-refractivity contribution in [2.45, 2.75) is 26.3 Å². The molecule has 4 aromatic rings. The van der Waals surface area contributed by atoms with Crippen LogP contribution in [0.1, 0.15) is 36.1 Å². The van der Waals surface area contributed by atoms with Crippen molar-refractivity contribution in [3.05, 3.63) is 99.8 Å². The molecule has 1 N–H and O–H groups in total. The molecule has 1 atom stereocenters. The fourth-order valence-electron chi connectivity index (χ4n) is 4.79. The molecule has 5 rings (SSSR count). The lowest BCUT2D eigenvalue weighted by molar-refractivity contribution is -0.130. The highest BCUT2D eigenvalue weighted by atomic mass is 16.2. The molecule has 1 aliphatic heterocycles. The summed E-state index contributed by atoms with van der Waals surface area (Å²) in [6.07, 6.45) is 0.459. The molecule has 1 amide bonds. The van der Waals surface area contributed by atoms with Crippen molar-refractivity contribution in [2.24, 2.45) is 5.10 Å². The first-order valence-electron chi connectivity index (χ1n) is 11.7. The van der Waals surface area contributed by atoms with Crippen LogP contribution in [0.2, 0.25) is 0 Å². The number of aryl methyl sites for hydroxylation is 1. The van der Waals surface area contributed by atoms with E-state index in [4.69, 9.17) is 5.10 Å². The highest BCUT2D eigenvalue weighted by Gasteiger charge is 2.34. The van der Waals surface area contributed by atoms with Crippen molar-refractivity contribution in [1.29, 1.82) is 0 Å². The Morgan fingerprint density at radius 3 is 2.37 bits per heavy atom. The number of hydrogen-bond acceptors (Lipinski definition) is 4. The minimum atomic E-state index is -0.269. The molecule has 0 spiro atoms. The number of nitrogens with zero attached hydrogens (tertiary/aromatic N) is 3. The molecule has 176 valence electrons. The quantitative estimate of drug-likeness (QED) is 0.448. The van der Waals surface area contributed by atoms with Gasteiger partial charge < -0.3 is 9.88 Å². The summed E-state index contributed by atoms with van der Waals surface area (Å²) in [6.45, 7) is 3.55. The Labute approximate surface area is 204 Å². The second-order valence-electron chi connectivity index (χ2n) is 9.24. The van der Waals surface area contributed by atoms with E-state index in [2.05, 4.69) is 11.1 Å². The van der Waals surface area contributed by atoms with Crippen molar-refractivity contribution in [3.63, 3.8) is 0 Å². The number of aromatic nitrogens is 1. The predicted octanol–water partition coefficient (Wildman–Crippen LogP) is 5.27. The maximum Gasteiger partial charge on any atom is 0.258 e. The summed E-state index contributed by atoms with van der Waals surface area (Å²) in [5.41, 5.74) is 6.67. The third-order valence-corrected chi connectivity index (χ3v) is 6.55. The van der Waals surface area contributed by atoms with Gasteiger partial charge in [0.1, 0.15) is 0 Å². The largest absolute Gasteiger partial charge is 0.378 e. The van der Waals surface area contributed by atoms with Crippen molar-refractivity contribution in [1.82, 2.24) is 9.99 Å². The third kappa shape index (κ3) is 4.12. The van der Waals surface area contributed by atoms with Gasteiger partial charge in [-0.1, -0.05) is 54.1 Å². The molecule has 0 saturated carbocycles. The van der Waals surface area contributed by atoms with E-state index in [1.54, 1.807) is 0 Å². The lowest BCUT2D eigenvalue weighted by Crippen LogP contribution is -2.24. The zero-order valence-corrected chi connectivity index (χ0v) is 20.4. The van der Waals surface area contributed by atoms with Crippen LogP contribution in [0.25, 0.3) is 22.0 Å². The number of amides is 1. The van der Waals surface area contributed by atoms with Gasteiger partial charge in [-0.05, 0) is 42.3 Å². The number of rotatable bonds is 4. The Balaban J connectivity index is 1.68. The number of aromatic amines is 1. The van der Waals surface area contributed by atoms with Crippen LogP contribution in [0.5, 0.6) is 0 Å². The predicted molar refractivity (Wildman–Crippen MR) is 142 cm³/mol. The zero-order chi connectivity index (χ0) is 24.7. The van der Waals surface area contributed by atoms with Crippen LogP contribution in [-0.4, -0.2) is 35.7 Å². The summed E-state index contributed by atoms with van der Waals surface area (Å²) in [5.74, 6) is -0.156. The normalized spacial score (nSPS) is 15.4. The molecule has 6 nitrogen and oxygen atoms in total. The molecular weight excluding hydrogens is 436 g/mol. The van der Waals surface area contributed by atoms with Gasteiger partial charge in [0.25, 0.3) is 5.56 Å². The summed E-state index contributed by atoms with van der Waals surface area (Å²) in [4.78, 5) is 31.2. The summed E-state index contributed by atoms with van der Waals surface area (Å²) in [7, 11) is 3.99. The Bertz CT molecular complexity index is 1500. The standard InChI is InChI=1S/C29H28N4O2/c1-18-10-15-24-23(16-18)27(21-8-6-5-7-9-21)28(29(35)30-24)25-17-26(33(31-25)19(2)34)20-11-13-22(14-12-20)32(3)4/h5-16,26H,17H2,1-4H3,(H,30,35)/t26-/m0/s1. The fourth-order valence-corrected chi connectivity index (χ4v) is 4.79. The van der Waals surface area contributed by atoms with Crippen LogP contribution in [0.3, 0.4) is 0 Å². The molecule has 3 aromatic carbocycles. The fraction of sp³-hybridized carbons (Fsp3) is 0.207. The third-order valence-electron chi connectivity index (χ3n) is 6.55. The highest BCUT2D eigenvalue weighted by Crippen LogP contribution is 2.37. The molecule has 0 radical (unpaired) electrons. The van der Waals surface area contributed by atoms with Gasteiger partial charge in [-0.15, -0.1) is 0 Å². The number of H-pyrrole nitrogens is 1. The number of carbonyl (C=O) groups excluding carboxylic acids is 1. The van der Waals surface area contributed by atoms with Gasteiger partial charge in [0.15, 0.2) is 0 Å². The number of hydrazone groups is 1. The van der Waals surface area contributed by atoms with Gasteiger partial charge in [-0.25, -0.2) is 5.01 Å². The van der Waals surface area contributed by atoms with Crippen LogP contribution in [0.4, 0.5) is 5.69 Å². The molecule has 1 aliphatic rings. The molecule has 0 fully saturated rings. The summed E-state index contributed by atoms with van der Waals surface area (Å²) < 4.78 is 0. The number of carbonyl (C=O) groups is 1. The molecule has 35 heavy (non-hydrogen) atoms. The molecule has 1 aromatic heterocycles. The van der Waals surface area contributed by atoms with Crippen LogP contribution < -0.4 is 10.5 Å². The van der Waals surface area contributed by atoms with E-state index in [1.165, 1.54) is 11.9 Å². The molecule has 0 aliphatic carbocycles. The van der Waals surface area contributed by atoms with E-state index >= 15 is 0 Å². The average molecular weight is 465 g/mol. The second kappa shape index (κ2) is 8.87. The average Bonchev–Trinajstić information content (AvgIpc) is 3.29. The van der Waals surface area contributed by atoms with E-state index in [9.17, 15) is 9.59 Å². The number of benzene rings is 3. The zero-order valence-electron chi connectivity index (χ0n) is 20.4. The van der Waals surface area contributed by atoms with E-state index in [-0.39, 0.29) is 17.5 Å². The highest BCUT2D eigenvalue weighted by molar-refractivity contribution is 6.12. The Morgan fingerprint density at radius 2 is 1.71 bits per heavy atom. The first kappa shape index (κ1) is 22.6. The van der Waals surface area contributed by atoms with Gasteiger partial charge in [0.05, 0.1) is 17.3 Å². The Hall–Kier alpha value is -4.19. The first-order chi connectivity index (χ1) is 16.8. The molecule has 0 saturated heterocycles. The van der Waals surface area contributed by atoms with Crippen molar-refractivity contribution in [2.75, 3.05) is 19.0 Å². The maximum absolute atomic E-state index is 13.5. The van der Waals surface area contributed by atoms with E-state index < -0.39 is 0 Å². The van der Waals surface area contributed by atoms with Gasteiger partial charge in [-0.3, -0.25) is 9.59 Å². The topological polar surface area (TPSA) is 68.8 Å². The van der Waals surface area contributed by atoms with Gasteiger partial charge in [0.2, 0.25) is 5.91 Å². The van der Waals surface area contributed by atoms with E-state index in [1.807, 2.05) is 92.6 Å². The lowest BCUT2D eigenvalue weighted by atomic mass is 9.90.